The van der Waals surface area contributed by atoms with Crippen molar-refractivity contribution in [1.29, 1.82) is 0 Å². The highest BCUT2D eigenvalue weighted by Gasteiger charge is 2.10. The zero-order valence-corrected chi connectivity index (χ0v) is 6.59. The molecule has 0 saturated carbocycles. The van der Waals surface area contributed by atoms with E-state index >= 15 is 0 Å². The van der Waals surface area contributed by atoms with Crippen LogP contribution >= 0.6 is 0 Å². The third kappa shape index (κ3) is 3.64. The van der Waals surface area contributed by atoms with E-state index in [0.29, 0.717) is 6.42 Å². The van der Waals surface area contributed by atoms with Crippen molar-refractivity contribution in [2.24, 2.45) is 5.73 Å². The van der Waals surface area contributed by atoms with E-state index in [2.05, 4.69) is 6.58 Å². The predicted molar refractivity (Wildman–Crippen MR) is 43.7 cm³/mol. The number of hydrogen-bond donors (Lipinski definition) is 2. The van der Waals surface area contributed by atoms with Gasteiger partial charge in [-0.3, -0.25) is 0 Å². The minimum absolute atomic E-state index is 0.127. The van der Waals surface area contributed by atoms with Crippen molar-refractivity contribution in [1.82, 2.24) is 0 Å². The van der Waals surface area contributed by atoms with Crippen LogP contribution < -0.4 is 5.73 Å². The summed E-state index contributed by atoms with van der Waals surface area (Å²) in [5.74, 6) is 0. The zero-order chi connectivity index (χ0) is 7.98. The minimum atomic E-state index is -0.358. The van der Waals surface area contributed by atoms with Gasteiger partial charge >= 0.3 is 0 Å². The van der Waals surface area contributed by atoms with Crippen LogP contribution in [0.3, 0.4) is 0 Å². The summed E-state index contributed by atoms with van der Waals surface area (Å²) in [6.45, 7) is 5.58. The first kappa shape index (κ1) is 9.66. The van der Waals surface area contributed by atoms with Crippen molar-refractivity contribution in [2.45, 2.75) is 38.3 Å². The van der Waals surface area contributed by atoms with Crippen LogP contribution in [0.5, 0.6) is 0 Å². The number of aliphatic hydroxyl groups is 1. The summed E-state index contributed by atoms with van der Waals surface area (Å²) in [4.78, 5) is 0. The van der Waals surface area contributed by atoms with Crippen LogP contribution in [0.2, 0.25) is 0 Å². The van der Waals surface area contributed by atoms with E-state index in [0.717, 1.165) is 12.8 Å². The van der Waals surface area contributed by atoms with Gasteiger partial charge in [-0.25, -0.2) is 0 Å². The third-order valence-electron chi connectivity index (χ3n) is 1.52. The lowest BCUT2D eigenvalue weighted by atomic mass is 10.0. The summed E-state index contributed by atoms with van der Waals surface area (Å²) in [6.07, 6.45) is 3.84. The Morgan fingerprint density at radius 2 is 2.30 bits per heavy atom. The molecule has 0 aliphatic rings. The maximum absolute atomic E-state index is 9.28. The Bertz CT molecular complexity index is 93.3. The minimum Gasteiger partial charge on any atom is -0.392 e. The molecule has 0 aromatic carbocycles. The first-order chi connectivity index (χ1) is 4.72. The topological polar surface area (TPSA) is 46.2 Å². The second-order valence-electron chi connectivity index (χ2n) is 2.54. The molecular formula is C8H17NO. The standard InChI is InChI=1S/C8H17NO/c1-3-5-7(9)8(10)6-4-2/h3,7-8,10H,1,4-6,9H2,2H3/t7-,8?/m0/s1. The first-order valence-electron chi connectivity index (χ1n) is 3.76. The fraction of sp³-hybridized carbons (Fsp3) is 0.750. The summed E-state index contributed by atoms with van der Waals surface area (Å²) in [6, 6.07) is -0.127. The van der Waals surface area contributed by atoms with Crippen molar-refractivity contribution in [3.8, 4) is 0 Å². The van der Waals surface area contributed by atoms with E-state index in [1.54, 1.807) is 6.08 Å². The highest BCUT2D eigenvalue weighted by atomic mass is 16.3. The van der Waals surface area contributed by atoms with Gasteiger partial charge in [-0.1, -0.05) is 19.4 Å². The van der Waals surface area contributed by atoms with Crippen LogP contribution in [0.15, 0.2) is 12.7 Å². The van der Waals surface area contributed by atoms with E-state index in [4.69, 9.17) is 5.73 Å². The van der Waals surface area contributed by atoms with Gasteiger partial charge in [0, 0.05) is 6.04 Å². The monoisotopic (exact) mass is 143 g/mol. The molecule has 0 fully saturated rings. The van der Waals surface area contributed by atoms with Gasteiger partial charge in [-0.2, -0.15) is 0 Å². The molecule has 0 heterocycles. The van der Waals surface area contributed by atoms with Gasteiger partial charge in [0.1, 0.15) is 0 Å². The molecule has 0 aromatic rings. The molecule has 3 N–H and O–H groups in total. The number of nitrogens with two attached hydrogens (primary N) is 1. The van der Waals surface area contributed by atoms with Crippen molar-refractivity contribution < 1.29 is 5.11 Å². The summed E-state index contributed by atoms with van der Waals surface area (Å²) < 4.78 is 0. The average Bonchev–Trinajstić information content (AvgIpc) is 1.89. The van der Waals surface area contributed by atoms with Gasteiger partial charge in [0.25, 0.3) is 0 Å². The maximum Gasteiger partial charge on any atom is 0.0694 e. The highest BCUT2D eigenvalue weighted by molar-refractivity contribution is 4.80. The molecule has 2 heteroatoms. The van der Waals surface area contributed by atoms with E-state index in [1.165, 1.54) is 0 Å². The Kier molecular flexibility index (Phi) is 5.26. The van der Waals surface area contributed by atoms with Gasteiger partial charge in [0.2, 0.25) is 0 Å². The Balaban J connectivity index is 3.47. The Morgan fingerprint density at radius 3 is 2.70 bits per heavy atom. The second-order valence-corrected chi connectivity index (χ2v) is 2.54. The Morgan fingerprint density at radius 1 is 1.70 bits per heavy atom. The molecule has 0 aliphatic heterocycles. The highest BCUT2D eigenvalue weighted by Crippen LogP contribution is 2.03. The van der Waals surface area contributed by atoms with Gasteiger partial charge in [-0.05, 0) is 12.8 Å². The van der Waals surface area contributed by atoms with Gasteiger partial charge < -0.3 is 10.8 Å². The molecule has 0 amide bonds. The fourth-order valence-corrected chi connectivity index (χ4v) is 0.859. The van der Waals surface area contributed by atoms with Gasteiger partial charge in [-0.15, -0.1) is 6.58 Å². The molecule has 60 valence electrons. The third-order valence-corrected chi connectivity index (χ3v) is 1.52. The lowest BCUT2D eigenvalue weighted by Gasteiger charge is -2.15. The first-order valence-corrected chi connectivity index (χ1v) is 3.76. The van der Waals surface area contributed by atoms with E-state index in [-0.39, 0.29) is 12.1 Å². The van der Waals surface area contributed by atoms with Crippen molar-refractivity contribution in [2.75, 3.05) is 0 Å². The molecular weight excluding hydrogens is 126 g/mol. The summed E-state index contributed by atoms with van der Waals surface area (Å²) in [5.41, 5.74) is 5.59. The largest absolute Gasteiger partial charge is 0.392 e. The smallest absolute Gasteiger partial charge is 0.0694 e. The number of rotatable bonds is 5. The molecule has 10 heavy (non-hydrogen) atoms. The predicted octanol–water partition coefficient (Wildman–Crippen LogP) is 1.05. The maximum atomic E-state index is 9.28. The molecule has 0 bridgehead atoms. The van der Waals surface area contributed by atoms with Crippen LogP contribution in [0, 0.1) is 0 Å². The molecule has 2 nitrogen and oxygen atoms in total. The molecule has 0 rings (SSSR count). The Hall–Kier alpha value is -0.340. The molecule has 2 atom stereocenters. The SMILES string of the molecule is C=CC[C@H](N)C(O)CCC. The van der Waals surface area contributed by atoms with E-state index in [1.807, 2.05) is 6.92 Å². The molecule has 0 aromatic heterocycles. The van der Waals surface area contributed by atoms with E-state index < -0.39 is 0 Å². The van der Waals surface area contributed by atoms with Gasteiger partial charge in [0.05, 0.1) is 6.10 Å². The molecule has 1 unspecified atom stereocenters. The lowest BCUT2D eigenvalue weighted by molar-refractivity contribution is 0.135. The summed E-state index contributed by atoms with van der Waals surface area (Å²) in [7, 11) is 0. The van der Waals surface area contributed by atoms with Crippen LogP contribution in [-0.4, -0.2) is 17.3 Å². The van der Waals surface area contributed by atoms with Gasteiger partial charge in [0.15, 0.2) is 0 Å². The van der Waals surface area contributed by atoms with Crippen molar-refractivity contribution in [3.63, 3.8) is 0 Å². The van der Waals surface area contributed by atoms with E-state index in [9.17, 15) is 5.11 Å². The Labute approximate surface area is 62.7 Å². The fourth-order valence-electron chi connectivity index (χ4n) is 0.859. The number of aliphatic hydroxyl groups excluding tert-OH is 1. The molecule has 0 radical (unpaired) electrons. The quantitative estimate of drug-likeness (QED) is 0.565. The van der Waals surface area contributed by atoms with Crippen LogP contribution in [0.4, 0.5) is 0 Å². The lowest BCUT2D eigenvalue weighted by Crippen LogP contribution is -2.33. The van der Waals surface area contributed by atoms with Crippen molar-refractivity contribution >= 4 is 0 Å². The molecule has 0 aliphatic carbocycles. The van der Waals surface area contributed by atoms with Crippen LogP contribution in [0.1, 0.15) is 26.2 Å². The second kappa shape index (κ2) is 5.45. The average molecular weight is 143 g/mol. The van der Waals surface area contributed by atoms with Crippen molar-refractivity contribution in [3.05, 3.63) is 12.7 Å². The zero-order valence-electron chi connectivity index (χ0n) is 6.59. The summed E-state index contributed by atoms with van der Waals surface area (Å²) in [5, 5.41) is 9.28. The number of hydrogen-bond acceptors (Lipinski definition) is 2. The molecule has 0 saturated heterocycles. The van der Waals surface area contributed by atoms with Crippen LogP contribution in [-0.2, 0) is 0 Å². The van der Waals surface area contributed by atoms with Crippen LogP contribution in [0.25, 0.3) is 0 Å². The molecule has 0 spiro atoms. The summed E-state index contributed by atoms with van der Waals surface area (Å²) >= 11 is 0. The normalized spacial score (nSPS) is 16.3.